The summed E-state index contributed by atoms with van der Waals surface area (Å²) in [4.78, 5) is 18.5. The molecule has 4 bridgehead atoms. The summed E-state index contributed by atoms with van der Waals surface area (Å²) in [5.74, 6) is 1.85. The number of nitrogens with zero attached hydrogens (tertiary/aromatic N) is 1. The molecule has 1 N–H and O–H groups in total. The first-order valence-corrected chi connectivity index (χ1v) is 8.56. The lowest BCUT2D eigenvalue weighted by Gasteiger charge is -2.52. The van der Waals surface area contributed by atoms with E-state index < -0.39 is 0 Å². The zero-order chi connectivity index (χ0) is 14.8. The van der Waals surface area contributed by atoms with E-state index in [9.17, 15) is 4.79 Å². The third-order valence-electron chi connectivity index (χ3n) is 6.30. The summed E-state index contributed by atoms with van der Waals surface area (Å²) in [6.45, 7) is 4.11. The molecule has 2 saturated heterocycles. The molecule has 1 unspecified atom stereocenters. The van der Waals surface area contributed by atoms with Gasteiger partial charge in [-0.1, -0.05) is 18.2 Å². The van der Waals surface area contributed by atoms with Gasteiger partial charge in [0.1, 0.15) is 5.78 Å². The number of H-pyrrole nitrogens is 1. The second-order valence-electron chi connectivity index (χ2n) is 7.46. The van der Waals surface area contributed by atoms with Gasteiger partial charge in [-0.05, 0) is 43.7 Å². The summed E-state index contributed by atoms with van der Waals surface area (Å²) in [7, 11) is 0. The fraction of sp³-hybridized carbons (Fsp3) is 0.526. The molecule has 114 valence electrons. The first-order chi connectivity index (χ1) is 10.7. The molecule has 0 amide bonds. The minimum Gasteiger partial charge on any atom is -0.358 e. The Morgan fingerprint density at radius 2 is 2.14 bits per heavy atom. The third kappa shape index (κ3) is 1.63. The summed E-state index contributed by atoms with van der Waals surface area (Å²) in [5, 5.41) is 1.39. The van der Waals surface area contributed by atoms with Gasteiger partial charge < -0.3 is 4.98 Å². The van der Waals surface area contributed by atoms with E-state index in [-0.39, 0.29) is 5.92 Å². The van der Waals surface area contributed by atoms with Gasteiger partial charge in [-0.15, -0.1) is 0 Å². The molecule has 6 rings (SSSR count). The molecule has 22 heavy (non-hydrogen) atoms. The van der Waals surface area contributed by atoms with Crippen molar-refractivity contribution in [3.05, 3.63) is 35.5 Å². The fourth-order valence-electron chi connectivity index (χ4n) is 5.48. The average Bonchev–Trinajstić information content (AvgIpc) is 2.86. The number of nitrogens with one attached hydrogen (secondary N) is 1. The van der Waals surface area contributed by atoms with Crippen LogP contribution in [0.2, 0.25) is 0 Å². The average molecular weight is 294 g/mol. The van der Waals surface area contributed by atoms with Gasteiger partial charge in [-0.3, -0.25) is 9.69 Å². The Kier molecular flexibility index (Phi) is 2.61. The van der Waals surface area contributed by atoms with E-state index in [1.54, 1.807) is 6.92 Å². The van der Waals surface area contributed by atoms with Crippen LogP contribution in [0.15, 0.2) is 24.3 Å². The lowest BCUT2D eigenvalue weighted by atomic mass is 9.65. The maximum atomic E-state index is 12.2. The first-order valence-electron chi connectivity index (χ1n) is 8.56. The van der Waals surface area contributed by atoms with Gasteiger partial charge in [0.05, 0.1) is 0 Å². The highest BCUT2D eigenvalue weighted by atomic mass is 16.1. The zero-order valence-corrected chi connectivity index (χ0v) is 13.0. The third-order valence-corrected chi connectivity index (χ3v) is 6.30. The monoisotopic (exact) mass is 294 g/mol. The Hall–Kier alpha value is -1.61. The van der Waals surface area contributed by atoms with Crippen molar-refractivity contribution in [3.8, 4) is 0 Å². The second kappa shape index (κ2) is 4.45. The van der Waals surface area contributed by atoms with Gasteiger partial charge >= 0.3 is 0 Å². The van der Waals surface area contributed by atoms with E-state index in [4.69, 9.17) is 0 Å². The Labute approximate surface area is 130 Å². The van der Waals surface area contributed by atoms with Crippen molar-refractivity contribution in [1.29, 1.82) is 0 Å². The zero-order valence-electron chi connectivity index (χ0n) is 13.0. The molecular weight excluding hydrogens is 272 g/mol. The molecule has 1 aromatic heterocycles. The smallest absolute Gasteiger partial charge is 0.134 e. The highest BCUT2D eigenvalue weighted by molar-refractivity contribution is 5.85. The molecule has 1 saturated carbocycles. The quantitative estimate of drug-likeness (QED) is 0.877. The van der Waals surface area contributed by atoms with E-state index in [0.29, 0.717) is 23.7 Å². The molecule has 5 atom stereocenters. The number of hydrogen-bond donors (Lipinski definition) is 1. The van der Waals surface area contributed by atoms with E-state index in [1.807, 2.05) is 0 Å². The number of rotatable bonds is 1. The number of para-hydroxylation sites is 1. The lowest BCUT2D eigenvalue weighted by Crippen LogP contribution is -2.57. The largest absolute Gasteiger partial charge is 0.358 e. The van der Waals surface area contributed by atoms with Crippen molar-refractivity contribution in [2.24, 2.45) is 11.8 Å². The standard InChI is InChI=1S/C19H22N2O/c1-11(22)15-8-12-9-16-18-14(6-7-21(10-12)19(15)16)13-4-2-3-5-17(13)20-18/h2-5,12,15-16,19-20H,6-10H2,1H3/t12-,15+,16+,19+/m1/s1. The Morgan fingerprint density at radius 3 is 3.00 bits per heavy atom. The van der Waals surface area contributed by atoms with Crippen molar-refractivity contribution in [3.63, 3.8) is 0 Å². The van der Waals surface area contributed by atoms with Crippen LogP contribution in [0.5, 0.6) is 0 Å². The highest BCUT2D eigenvalue weighted by Gasteiger charge is 2.50. The Bertz CT molecular complexity index is 762. The number of benzene rings is 1. The number of carbonyl (C=O) groups excluding carboxylic acids is 1. The summed E-state index contributed by atoms with van der Waals surface area (Å²) in [5.41, 5.74) is 4.21. The minimum atomic E-state index is 0.245. The highest BCUT2D eigenvalue weighted by Crippen LogP contribution is 2.50. The Morgan fingerprint density at radius 1 is 1.27 bits per heavy atom. The molecular formula is C19H22N2O. The molecule has 3 nitrogen and oxygen atoms in total. The van der Waals surface area contributed by atoms with Gasteiger partial charge in [0, 0.05) is 47.6 Å². The van der Waals surface area contributed by atoms with E-state index >= 15 is 0 Å². The van der Waals surface area contributed by atoms with Gasteiger partial charge in [0.15, 0.2) is 0 Å². The SMILES string of the molecule is CC(=O)[C@@H]1C[C@@H]2C[C@H]3c4[nH]c5ccccc5c4CCN(C2)[C@@H]13. The Balaban J connectivity index is 1.69. The minimum absolute atomic E-state index is 0.245. The summed E-state index contributed by atoms with van der Waals surface area (Å²) >= 11 is 0. The maximum Gasteiger partial charge on any atom is 0.134 e. The summed E-state index contributed by atoms with van der Waals surface area (Å²) < 4.78 is 0. The predicted octanol–water partition coefficient (Wildman–Crippen LogP) is 3.11. The number of ketones is 1. The van der Waals surface area contributed by atoms with Crippen LogP contribution in [0.4, 0.5) is 0 Å². The number of Topliss-reactive ketones (excluding diaryl/α,β-unsaturated/α-hetero) is 1. The van der Waals surface area contributed by atoms with Crippen LogP contribution in [0, 0.1) is 11.8 Å². The van der Waals surface area contributed by atoms with E-state index in [2.05, 4.69) is 34.1 Å². The number of aromatic amines is 1. The van der Waals surface area contributed by atoms with Crippen molar-refractivity contribution in [2.75, 3.05) is 13.1 Å². The van der Waals surface area contributed by atoms with Crippen LogP contribution in [0.1, 0.15) is 36.9 Å². The van der Waals surface area contributed by atoms with Crippen LogP contribution in [-0.2, 0) is 11.2 Å². The van der Waals surface area contributed by atoms with Crippen molar-refractivity contribution >= 4 is 16.7 Å². The number of hydrogen-bond acceptors (Lipinski definition) is 2. The summed E-state index contributed by atoms with van der Waals surface area (Å²) in [6.07, 6.45) is 3.48. The molecule has 4 heterocycles. The number of fused-ring (bicyclic) bond motifs is 4. The molecule has 1 aliphatic carbocycles. The number of piperidine rings is 2. The number of aromatic nitrogens is 1. The van der Waals surface area contributed by atoms with Crippen LogP contribution in [-0.4, -0.2) is 34.8 Å². The lowest BCUT2D eigenvalue weighted by molar-refractivity contribution is -0.129. The molecule has 3 aliphatic heterocycles. The van der Waals surface area contributed by atoms with Crippen molar-refractivity contribution in [1.82, 2.24) is 9.88 Å². The molecule has 0 spiro atoms. The normalized spacial score (nSPS) is 36.1. The van der Waals surface area contributed by atoms with Gasteiger partial charge in [0.2, 0.25) is 0 Å². The van der Waals surface area contributed by atoms with Gasteiger partial charge in [-0.25, -0.2) is 0 Å². The molecule has 3 fully saturated rings. The molecule has 1 aromatic carbocycles. The first kappa shape index (κ1) is 12.9. The topological polar surface area (TPSA) is 36.1 Å². The van der Waals surface area contributed by atoms with Crippen LogP contribution in [0.3, 0.4) is 0 Å². The van der Waals surface area contributed by atoms with Crippen LogP contribution < -0.4 is 0 Å². The van der Waals surface area contributed by atoms with E-state index in [0.717, 1.165) is 19.4 Å². The van der Waals surface area contributed by atoms with Crippen molar-refractivity contribution in [2.45, 2.75) is 38.1 Å². The molecule has 4 aliphatic rings. The van der Waals surface area contributed by atoms with Crippen LogP contribution >= 0.6 is 0 Å². The van der Waals surface area contributed by atoms with Gasteiger partial charge in [0.25, 0.3) is 0 Å². The maximum absolute atomic E-state index is 12.2. The molecule has 2 aromatic rings. The summed E-state index contributed by atoms with van der Waals surface area (Å²) in [6, 6.07) is 9.10. The molecule has 3 heteroatoms. The predicted molar refractivity (Wildman–Crippen MR) is 87.0 cm³/mol. The number of carbonyl (C=O) groups is 1. The molecule has 0 radical (unpaired) electrons. The van der Waals surface area contributed by atoms with E-state index in [1.165, 1.54) is 35.1 Å². The second-order valence-corrected chi connectivity index (χ2v) is 7.46. The van der Waals surface area contributed by atoms with Gasteiger partial charge in [-0.2, -0.15) is 0 Å². The van der Waals surface area contributed by atoms with Crippen LogP contribution in [0.25, 0.3) is 10.9 Å². The van der Waals surface area contributed by atoms with Crippen molar-refractivity contribution < 1.29 is 4.79 Å². The fourth-order valence-corrected chi connectivity index (χ4v) is 5.48.